The van der Waals surface area contributed by atoms with Crippen molar-refractivity contribution < 1.29 is 14.3 Å². The zero-order valence-electron chi connectivity index (χ0n) is 18.7. The molecule has 31 heavy (non-hydrogen) atoms. The third-order valence-electron chi connectivity index (χ3n) is 5.01. The van der Waals surface area contributed by atoms with Crippen molar-refractivity contribution in [1.29, 1.82) is 0 Å². The molecule has 1 heterocycles. The lowest BCUT2D eigenvalue weighted by atomic mass is 10.1. The maximum Gasteiger partial charge on any atom is 0.260 e. The van der Waals surface area contributed by atoms with Gasteiger partial charge in [0.05, 0.1) is 19.9 Å². The van der Waals surface area contributed by atoms with E-state index in [4.69, 9.17) is 14.5 Å². The monoisotopic (exact) mass is 439 g/mol. The van der Waals surface area contributed by atoms with Crippen LogP contribution in [0.3, 0.4) is 0 Å². The summed E-state index contributed by atoms with van der Waals surface area (Å²) in [5, 5.41) is 2.63. The number of carbonyl (C=O) groups is 1. The number of rotatable bonds is 9. The highest BCUT2D eigenvalue weighted by atomic mass is 32.1. The average molecular weight is 440 g/mol. The molecular formula is C24H29N3O3S. The Balaban J connectivity index is 1.96. The van der Waals surface area contributed by atoms with Gasteiger partial charge >= 0.3 is 0 Å². The van der Waals surface area contributed by atoms with Crippen LogP contribution in [0.4, 0.5) is 5.13 Å². The number of ether oxygens (including phenoxy) is 2. The Kier molecular flexibility index (Phi) is 7.65. The van der Waals surface area contributed by atoms with E-state index in [1.165, 1.54) is 11.3 Å². The van der Waals surface area contributed by atoms with Crippen molar-refractivity contribution in [2.75, 3.05) is 46.3 Å². The molecule has 0 spiro atoms. The maximum absolute atomic E-state index is 13.4. The van der Waals surface area contributed by atoms with E-state index >= 15 is 0 Å². The molecule has 0 saturated heterocycles. The molecule has 6 nitrogen and oxygen atoms in total. The first-order valence-corrected chi connectivity index (χ1v) is 11.0. The number of aromatic nitrogens is 1. The van der Waals surface area contributed by atoms with Crippen LogP contribution in [0.2, 0.25) is 0 Å². The second-order valence-corrected chi connectivity index (χ2v) is 8.35. The lowest BCUT2D eigenvalue weighted by molar-refractivity contribution is 0.0985. The molecule has 0 unspecified atom stereocenters. The molecule has 1 aromatic heterocycles. The number of nitrogens with zero attached hydrogens (tertiary/aromatic N) is 3. The van der Waals surface area contributed by atoms with E-state index < -0.39 is 0 Å². The first-order chi connectivity index (χ1) is 14.9. The average Bonchev–Trinajstić information content (AvgIpc) is 3.25. The summed E-state index contributed by atoms with van der Waals surface area (Å²) in [4.78, 5) is 22.2. The number of benzene rings is 2. The summed E-state index contributed by atoms with van der Waals surface area (Å²) in [7, 11) is 7.33. The minimum absolute atomic E-state index is 0.0321. The highest BCUT2D eigenvalue weighted by Gasteiger charge is 2.23. The van der Waals surface area contributed by atoms with E-state index in [9.17, 15) is 4.79 Å². The fourth-order valence-corrected chi connectivity index (χ4v) is 4.16. The minimum Gasteiger partial charge on any atom is -0.497 e. The summed E-state index contributed by atoms with van der Waals surface area (Å²) in [5.41, 5.74) is 3.24. The third kappa shape index (κ3) is 5.42. The number of hydrogen-bond acceptors (Lipinski definition) is 6. The Morgan fingerprint density at radius 2 is 1.84 bits per heavy atom. The summed E-state index contributed by atoms with van der Waals surface area (Å²) >= 11 is 1.46. The van der Waals surface area contributed by atoms with Crippen LogP contribution in [0.25, 0.3) is 11.3 Å². The Hall–Kier alpha value is -2.90. The molecule has 0 aliphatic carbocycles. The summed E-state index contributed by atoms with van der Waals surface area (Å²) in [5.74, 6) is 1.40. The second-order valence-electron chi connectivity index (χ2n) is 7.51. The van der Waals surface area contributed by atoms with Crippen molar-refractivity contribution in [2.45, 2.75) is 13.3 Å². The number of thiazole rings is 1. The first-order valence-electron chi connectivity index (χ1n) is 10.1. The van der Waals surface area contributed by atoms with E-state index in [1.807, 2.05) is 68.9 Å². The summed E-state index contributed by atoms with van der Waals surface area (Å²) in [6, 6.07) is 13.3. The van der Waals surface area contributed by atoms with Gasteiger partial charge in [0, 0.05) is 23.1 Å². The van der Waals surface area contributed by atoms with Gasteiger partial charge < -0.3 is 14.4 Å². The normalized spacial score (nSPS) is 10.9. The predicted molar refractivity (Wildman–Crippen MR) is 127 cm³/mol. The van der Waals surface area contributed by atoms with Gasteiger partial charge in [0.2, 0.25) is 0 Å². The molecular weight excluding hydrogens is 410 g/mol. The number of aryl methyl sites for hydroxylation is 1. The van der Waals surface area contributed by atoms with Crippen molar-refractivity contribution >= 4 is 22.4 Å². The van der Waals surface area contributed by atoms with E-state index in [0.717, 1.165) is 35.5 Å². The van der Waals surface area contributed by atoms with Gasteiger partial charge in [0.25, 0.3) is 5.91 Å². The van der Waals surface area contributed by atoms with E-state index in [2.05, 4.69) is 4.90 Å². The Labute approximate surface area is 188 Å². The fraction of sp³-hybridized carbons (Fsp3) is 0.333. The highest BCUT2D eigenvalue weighted by Crippen LogP contribution is 2.36. The Bertz CT molecular complexity index is 1030. The summed E-state index contributed by atoms with van der Waals surface area (Å²) < 4.78 is 10.9. The van der Waals surface area contributed by atoms with E-state index in [1.54, 1.807) is 19.1 Å². The topological polar surface area (TPSA) is 54.9 Å². The molecule has 0 saturated carbocycles. The largest absolute Gasteiger partial charge is 0.497 e. The van der Waals surface area contributed by atoms with Crippen molar-refractivity contribution in [2.24, 2.45) is 0 Å². The number of anilines is 1. The van der Waals surface area contributed by atoms with E-state index in [-0.39, 0.29) is 5.91 Å². The maximum atomic E-state index is 13.4. The first kappa shape index (κ1) is 22.8. The molecule has 0 N–H and O–H groups in total. The molecule has 1 amide bonds. The van der Waals surface area contributed by atoms with Crippen molar-refractivity contribution in [3.05, 3.63) is 59.0 Å². The van der Waals surface area contributed by atoms with Gasteiger partial charge in [-0.1, -0.05) is 18.2 Å². The number of methoxy groups -OCH3 is 2. The van der Waals surface area contributed by atoms with Crippen LogP contribution in [0.15, 0.2) is 47.8 Å². The number of hydrogen-bond donors (Lipinski definition) is 0. The zero-order chi connectivity index (χ0) is 22.4. The SMILES string of the molecule is COc1ccc(OC)c(-c2csc(N(CCCN(C)C)C(=O)c3ccccc3C)n2)c1. The molecule has 0 fully saturated rings. The van der Waals surface area contributed by atoms with Gasteiger partial charge in [-0.05, 0) is 63.8 Å². The van der Waals surface area contributed by atoms with Crippen molar-refractivity contribution in [1.82, 2.24) is 9.88 Å². The van der Waals surface area contributed by atoms with Crippen molar-refractivity contribution in [3.8, 4) is 22.8 Å². The molecule has 7 heteroatoms. The highest BCUT2D eigenvalue weighted by molar-refractivity contribution is 7.14. The van der Waals surface area contributed by atoms with Gasteiger partial charge in [-0.15, -0.1) is 11.3 Å². The molecule has 2 aromatic carbocycles. The number of carbonyl (C=O) groups excluding carboxylic acids is 1. The van der Waals surface area contributed by atoms with Crippen LogP contribution in [-0.2, 0) is 0 Å². The van der Waals surface area contributed by atoms with Gasteiger partial charge in [0.1, 0.15) is 11.5 Å². The molecule has 0 aliphatic rings. The predicted octanol–water partition coefficient (Wildman–Crippen LogP) is 4.73. The van der Waals surface area contributed by atoms with Crippen LogP contribution < -0.4 is 14.4 Å². The van der Waals surface area contributed by atoms with Crippen molar-refractivity contribution in [3.63, 3.8) is 0 Å². The minimum atomic E-state index is -0.0321. The van der Waals surface area contributed by atoms with Crippen LogP contribution in [0, 0.1) is 6.92 Å². The van der Waals surface area contributed by atoms with Gasteiger partial charge in [-0.3, -0.25) is 9.69 Å². The van der Waals surface area contributed by atoms with Gasteiger partial charge in [0.15, 0.2) is 5.13 Å². The summed E-state index contributed by atoms with van der Waals surface area (Å²) in [6.07, 6.45) is 0.849. The lowest BCUT2D eigenvalue weighted by Gasteiger charge is -2.22. The quantitative estimate of drug-likeness (QED) is 0.482. The van der Waals surface area contributed by atoms with Crippen LogP contribution >= 0.6 is 11.3 Å². The Morgan fingerprint density at radius 1 is 1.06 bits per heavy atom. The molecule has 0 bridgehead atoms. The van der Waals surface area contributed by atoms with Gasteiger partial charge in [-0.25, -0.2) is 4.98 Å². The van der Waals surface area contributed by atoms with Crippen LogP contribution in [-0.4, -0.2) is 57.2 Å². The molecule has 0 radical (unpaired) electrons. The smallest absolute Gasteiger partial charge is 0.260 e. The second kappa shape index (κ2) is 10.4. The molecule has 3 aromatic rings. The lowest BCUT2D eigenvalue weighted by Crippen LogP contribution is -2.33. The summed E-state index contributed by atoms with van der Waals surface area (Å²) in [6.45, 7) is 3.44. The molecule has 164 valence electrons. The van der Waals surface area contributed by atoms with Crippen LogP contribution in [0.1, 0.15) is 22.3 Å². The zero-order valence-corrected chi connectivity index (χ0v) is 19.5. The number of amides is 1. The fourth-order valence-electron chi connectivity index (χ4n) is 3.31. The molecule has 3 rings (SSSR count). The standard InChI is InChI=1S/C24H29N3O3S/c1-17-9-6-7-10-19(17)23(28)27(14-8-13-26(2)3)24-25-21(16-31-24)20-15-18(29-4)11-12-22(20)30-5/h6-7,9-12,15-16H,8,13-14H2,1-5H3. The molecule has 0 aliphatic heterocycles. The van der Waals surface area contributed by atoms with Gasteiger partial charge in [-0.2, -0.15) is 0 Å². The Morgan fingerprint density at radius 3 is 2.52 bits per heavy atom. The third-order valence-corrected chi connectivity index (χ3v) is 5.88. The van der Waals surface area contributed by atoms with E-state index in [0.29, 0.717) is 23.0 Å². The molecule has 0 atom stereocenters. The van der Waals surface area contributed by atoms with Crippen LogP contribution in [0.5, 0.6) is 11.5 Å².